The van der Waals surface area contributed by atoms with Crippen LogP contribution in [0.1, 0.15) is 42.5 Å². The molecular formula is C30H37N3O4S. The van der Waals surface area contributed by atoms with E-state index in [1.54, 1.807) is 37.3 Å². The van der Waals surface area contributed by atoms with Crippen LogP contribution in [-0.2, 0) is 26.2 Å². The second-order valence-electron chi connectivity index (χ2n) is 9.59. The molecule has 0 aliphatic rings. The van der Waals surface area contributed by atoms with Crippen LogP contribution in [0.4, 0.5) is 5.69 Å². The fourth-order valence-electron chi connectivity index (χ4n) is 4.29. The number of rotatable bonds is 11. The summed E-state index contributed by atoms with van der Waals surface area (Å²) in [5.74, 6) is -0.747. The summed E-state index contributed by atoms with van der Waals surface area (Å²) in [4.78, 5) is 28.5. The third-order valence-corrected chi connectivity index (χ3v) is 8.21. The summed E-state index contributed by atoms with van der Waals surface area (Å²) >= 11 is 0. The molecular weight excluding hydrogens is 498 g/mol. The van der Waals surface area contributed by atoms with Gasteiger partial charge in [-0.05, 0) is 80.6 Å². The van der Waals surface area contributed by atoms with E-state index >= 15 is 0 Å². The van der Waals surface area contributed by atoms with E-state index in [2.05, 4.69) is 5.32 Å². The van der Waals surface area contributed by atoms with Gasteiger partial charge in [-0.25, -0.2) is 8.42 Å². The average molecular weight is 536 g/mol. The van der Waals surface area contributed by atoms with Crippen molar-refractivity contribution in [3.05, 3.63) is 95.1 Å². The van der Waals surface area contributed by atoms with Gasteiger partial charge in [0.1, 0.15) is 12.6 Å². The van der Waals surface area contributed by atoms with Gasteiger partial charge in [0.25, 0.3) is 10.0 Å². The van der Waals surface area contributed by atoms with E-state index in [0.717, 1.165) is 33.0 Å². The Bertz CT molecular complexity index is 1350. The summed E-state index contributed by atoms with van der Waals surface area (Å²) < 4.78 is 28.8. The zero-order chi connectivity index (χ0) is 27.9. The first-order chi connectivity index (χ1) is 18.0. The van der Waals surface area contributed by atoms with E-state index in [1.165, 1.54) is 17.0 Å². The van der Waals surface area contributed by atoms with E-state index in [0.29, 0.717) is 12.2 Å². The minimum Gasteiger partial charge on any atom is -0.354 e. The second-order valence-corrected chi connectivity index (χ2v) is 11.4. The summed E-state index contributed by atoms with van der Waals surface area (Å²) in [6.07, 6.45) is 0.764. The highest BCUT2D eigenvalue weighted by Gasteiger charge is 2.32. The fraction of sp³-hybridized carbons (Fsp3) is 0.333. The van der Waals surface area contributed by atoms with E-state index in [4.69, 9.17) is 0 Å². The number of nitrogens with zero attached hydrogens (tertiary/aromatic N) is 2. The van der Waals surface area contributed by atoms with Gasteiger partial charge in [-0.15, -0.1) is 0 Å². The maximum Gasteiger partial charge on any atom is 0.264 e. The predicted octanol–water partition coefficient (Wildman–Crippen LogP) is 4.75. The van der Waals surface area contributed by atoms with Crippen LogP contribution in [0.5, 0.6) is 0 Å². The molecule has 0 bridgehead atoms. The number of nitrogens with one attached hydrogen (secondary N) is 1. The van der Waals surface area contributed by atoms with Crippen molar-refractivity contribution in [2.45, 2.75) is 58.5 Å². The SMILES string of the molecule is CCCNC(=O)[C@H](C)N(Cc1ccccc1C)C(=O)CN(c1cc(C)cc(C)c1)S(=O)(=O)c1ccccc1. The largest absolute Gasteiger partial charge is 0.354 e. The lowest BCUT2D eigenvalue weighted by molar-refractivity contribution is -0.139. The quantitative estimate of drug-likeness (QED) is 0.384. The van der Waals surface area contributed by atoms with Crippen LogP contribution in [0.3, 0.4) is 0 Å². The van der Waals surface area contributed by atoms with Crippen molar-refractivity contribution in [3.63, 3.8) is 0 Å². The van der Waals surface area contributed by atoms with Gasteiger partial charge in [-0.3, -0.25) is 13.9 Å². The van der Waals surface area contributed by atoms with Crippen molar-refractivity contribution < 1.29 is 18.0 Å². The molecule has 8 heteroatoms. The summed E-state index contributed by atoms with van der Waals surface area (Å²) in [5, 5.41) is 2.86. The Kier molecular flexibility index (Phi) is 9.69. The molecule has 0 fully saturated rings. The van der Waals surface area contributed by atoms with E-state index < -0.39 is 28.5 Å². The third-order valence-electron chi connectivity index (χ3n) is 6.42. The van der Waals surface area contributed by atoms with Gasteiger partial charge >= 0.3 is 0 Å². The van der Waals surface area contributed by atoms with Crippen LogP contribution in [0.2, 0.25) is 0 Å². The number of carbonyl (C=O) groups is 2. The minimum atomic E-state index is -4.07. The number of hydrogen-bond acceptors (Lipinski definition) is 4. The highest BCUT2D eigenvalue weighted by Crippen LogP contribution is 2.26. The van der Waals surface area contributed by atoms with Crippen molar-refractivity contribution in [2.75, 3.05) is 17.4 Å². The van der Waals surface area contributed by atoms with Crippen molar-refractivity contribution in [3.8, 4) is 0 Å². The number of hydrogen-bond donors (Lipinski definition) is 1. The molecule has 0 saturated heterocycles. The molecule has 38 heavy (non-hydrogen) atoms. The predicted molar refractivity (Wildman–Crippen MR) is 151 cm³/mol. The van der Waals surface area contributed by atoms with Gasteiger partial charge in [0, 0.05) is 13.1 Å². The lowest BCUT2D eigenvalue weighted by Crippen LogP contribution is -2.51. The number of aryl methyl sites for hydroxylation is 3. The zero-order valence-corrected chi connectivity index (χ0v) is 23.6. The average Bonchev–Trinajstić information content (AvgIpc) is 2.89. The molecule has 0 aromatic heterocycles. The molecule has 0 spiro atoms. The second kappa shape index (κ2) is 12.7. The van der Waals surface area contributed by atoms with Crippen molar-refractivity contribution in [1.82, 2.24) is 10.2 Å². The zero-order valence-electron chi connectivity index (χ0n) is 22.8. The Morgan fingerprint density at radius 2 is 1.50 bits per heavy atom. The van der Waals surface area contributed by atoms with Gasteiger partial charge in [0.2, 0.25) is 11.8 Å². The van der Waals surface area contributed by atoms with Gasteiger partial charge in [-0.1, -0.05) is 55.5 Å². The number of anilines is 1. The van der Waals surface area contributed by atoms with Crippen LogP contribution >= 0.6 is 0 Å². The first kappa shape index (κ1) is 28.9. The Hall–Kier alpha value is -3.65. The maximum atomic E-state index is 13.9. The smallest absolute Gasteiger partial charge is 0.264 e. The van der Waals surface area contributed by atoms with E-state index in [9.17, 15) is 18.0 Å². The van der Waals surface area contributed by atoms with Gasteiger partial charge in [0.05, 0.1) is 10.6 Å². The maximum absolute atomic E-state index is 13.9. The van der Waals surface area contributed by atoms with Crippen molar-refractivity contribution in [1.29, 1.82) is 0 Å². The number of amides is 2. The van der Waals surface area contributed by atoms with Gasteiger partial charge < -0.3 is 10.2 Å². The summed E-state index contributed by atoms with van der Waals surface area (Å²) in [7, 11) is -4.07. The third kappa shape index (κ3) is 7.01. The monoisotopic (exact) mass is 535 g/mol. The molecule has 1 atom stereocenters. The highest BCUT2D eigenvalue weighted by molar-refractivity contribution is 7.92. The summed E-state index contributed by atoms with van der Waals surface area (Å²) in [6, 6.07) is 20.4. The molecule has 202 valence electrons. The van der Waals surface area contributed by atoms with E-state index in [-0.39, 0.29) is 17.3 Å². The topological polar surface area (TPSA) is 86.8 Å². The van der Waals surface area contributed by atoms with E-state index in [1.807, 2.05) is 58.0 Å². The van der Waals surface area contributed by atoms with Crippen molar-refractivity contribution >= 4 is 27.5 Å². The molecule has 2 amide bonds. The molecule has 3 aromatic rings. The van der Waals surface area contributed by atoms with Gasteiger partial charge in [-0.2, -0.15) is 0 Å². The fourth-order valence-corrected chi connectivity index (χ4v) is 5.71. The normalized spacial score (nSPS) is 12.0. The van der Waals surface area contributed by atoms with Crippen LogP contribution in [0, 0.1) is 20.8 Å². The van der Waals surface area contributed by atoms with Gasteiger partial charge in [0.15, 0.2) is 0 Å². The lowest BCUT2D eigenvalue weighted by Gasteiger charge is -2.32. The molecule has 0 unspecified atom stereocenters. The molecule has 0 heterocycles. The minimum absolute atomic E-state index is 0.0890. The van der Waals surface area contributed by atoms with Crippen LogP contribution < -0.4 is 9.62 Å². The summed E-state index contributed by atoms with van der Waals surface area (Å²) in [5.41, 5.74) is 4.03. The number of benzene rings is 3. The van der Waals surface area contributed by atoms with Crippen LogP contribution in [0.15, 0.2) is 77.7 Å². The Balaban J connectivity index is 2.05. The number of carbonyl (C=O) groups excluding carboxylic acids is 2. The summed E-state index contributed by atoms with van der Waals surface area (Å²) in [6.45, 7) is 9.57. The molecule has 0 radical (unpaired) electrons. The van der Waals surface area contributed by atoms with Crippen LogP contribution in [0.25, 0.3) is 0 Å². The Morgan fingerprint density at radius 3 is 2.11 bits per heavy atom. The molecule has 7 nitrogen and oxygen atoms in total. The molecule has 0 aliphatic heterocycles. The molecule has 0 saturated carbocycles. The molecule has 0 aliphatic carbocycles. The Morgan fingerprint density at radius 1 is 0.895 bits per heavy atom. The Labute approximate surface area is 226 Å². The first-order valence-corrected chi connectivity index (χ1v) is 14.3. The highest BCUT2D eigenvalue weighted by atomic mass is 32.2. The van der Waals surface area contributed by atoms with Crippen LogP contribution in [-0.4, -0.2) is 44.3 Å². The van der Waals surface area contributed by atoms with Crippen molar-refractivity contribution in [2.24, 2.45) is 0 Å². The first-order valence-electron chi connectivity index (χ1n) is 12.8. The molecule has 3 aromatic carbocycles. The molecule has 1 N–H and O–H groups in total. The molecule has 3 rings (SSSR count). The number of sulfonamides is 1. The lowest BCUT2D eigenvalue weighted by atomic mass is 10.1. The standard InChI is InChI=1S/C30H37N3O4S/c1-6-16-31-30(35)25(5)32(20-26-13-11-10-12-24(26)4)29(34)21-33(27-18-22(2)17-23(3)19-27)38(36,37)28-14-8-7-9-15-28/h7-15,17-19,25H,6,16,20-21H2,1-5H3,(H,31,35)/t25-/m0/s1.